The summed E-state index contributed by atoms with van der Waals surface area (Å²) < 4.78 is 5.45. The first-order chi connectivity index (χ1) is 12.6. The first kappa shape index (κ1) is 18.7. The number of benzene rings is 1. The van der Waals surface area contributed by atoms with Crippen LogP contribution in [-0.4, -0.2) is 47.8 Å². The monoisotopic (exact) mass is 392 g/mol. The van der Waals surface area contributed by atoms with Crippen molar-refractivity contribution in [2.45, 2.75) is 6.04 Å². The number of hydrogen-bond donors (Lipinski definition) is 2. The van der Waals surface area contributed by atoms with E-state index >= 15 is 0 Å². The number of anilines is 1. The number of nitrogens with one attached hydrogen (secondary N) is 2. The fourth-order valence-electron chi connectivity index (χ4n) is 2.81. The van der Waals surface area contributed by atoms with Crippen LogP contribution in [0.15, 0.2) is 41.8 Å². The van der Waals surface area contributed by atoms with E-state index in [0.29, 0.717) is 17.3 Å². The Balaban J connectivity index is 1.57. The summed E-state index contributed by atoms with van der Waals surface area (Å²) in [5.74, 6) is 0. The van der Waals surface area contributed by atoms with Gasteiger partial charge < -0.3 is 15.4 Å². The van der Waals surface area contributed by atoms with Crippen molar-refractivity contribution in [3.05, 3.63) is 56.8 Å². The smallest absolute Gasteiger partial charge is 0.269 e. The molecule has 138 valence electrons. The third kappa shape index (κ3) is 4.98. The van der Waals surface area contributed by atoms with Crippen LogP contribution in [0.3, 0.4) is 0 Å². The van der Waals surface area contributed by atoms with E-state index in [9.17, 15) is 10.1 Å². The molecule has 7 nitrogen and oxygen atoms in total. The highest BCUT2D eigenvalue weighted by Crippen LogP contribution is 2.25. The van der Waals surface area contributed by atoms with Crippen LogP contribution in [0.5, 0.6) is 0 Å². The van der Waals surface area contributed by atoms with E-state index in [-0.39, 0.29) is 11.7 Å². The molecule has 2 heterocycles. The van der Waals surface area contributed by atoms with Gasteiger partial charge in [0.25, 0.3) is 5.69 Å². The van der Waals surface area contributed by atoms with Gasteiger partial charge in [-0.2, -0.15) is 0 Å². The minimum absolute atomic E-state index is 0.0551. The topological polar surface area (TPSA) is 79.7 Å². The number of morpholine rings is 1. The lowest BCUT2D eigenvalue weighted by atomic mass is 10.2. The number of ether oxygens (including phenoxy) is 1. The highest BCUT2D eigenvalue weighted by atomic mass is 32.1. The average molecular weight is 393 g/mol. The maximum Gasteiger partial charge on any atom is 0.269 e. The molecule has 1 aromatic heterocycles. The molecule has 26 heavy (non-hydrogen) atoms. The van der Waals surface area contributed by atoms with Crippen LogP contribution in [-0.2, 0) is 4.74 Å². The average Bonchev–Trinajstić information content (AvgIpc) is 3.17. The van der Waals surface area contributed by atoms with Crippen LogP contribution < -0.4 is 10.6 Å². The zero-order valence-corrected chi connectivity index (χ0v) is 15.7. The fraction of sp³-hybridized carbons (Fsp3) is 0.353. The zero-order chi connectivity index (χ0) is 18.4. The lowest BCUT2D eigenvalue weighted by molar-refractivity contribution is -0.384. The quantitative estimate of drug-likeness (QED) is 0.444. The Morgan fingerprint density at radius 1 is 1.31 bits per heavy atom. The van der Waals surface area contributed by atoms with Gasteiger partial charge in [-0.25, -0.2) is 0 Å². The number of non-ortho nitro benzene ring substituents is 1. The number of rotatable bonds is 6. The molecule has 3 rings (SSSR count). The van der Waals surface area contributed by atoms with Crippen LogP contribution in [0.4, 0.5) is 11.4 Å². The van der Waals surface area contributed by atoms with Crippen molar-refractivity contribution in [2.24, 2.45) is 0 Å². The van der Waals surface area contributed by atoms with Crippen LogP contribution in [0.2, 0.25) is 0 Å². The largest absolute Gasteiger partial charge is 0.379 e. The lowest BCUT2D eigenvalue weighted by Crippen LogP contribution is -2.44. The van der Waals surface area contributed by atoms with Gasteiger partial charge in [0, 0.05) is 42.3 Å². The highest BCUT2D eigenvalue weighted by Gasteiger charge is 2.23. The van der Waals surface area contributed by atoms with Crippen LogP contribution >= 0.6 is 23.6 Å². The van der Waals surface area contributed by atoms with Gasteiger partial charge in [-0.05, 0) is 35.8 Å². The van der Waals surface area contributed by atoms with E-state index in [2.05, 4.69) is 33.0 Å². The molecule has 9 heteroatoms. The molecule has 2 N–H and O–H groups in total. The van der Waals surface area contributed by atoms with Gasteiger partial charge >= 0.3 is 0 Å². The SMILES string of the molecule is O=[N+]([O-])c1ccc(NC(=S)NC[C@H](c2cccs2)N2CCOCC2)cc1. The second-order valence-corrected chi connectivity index (χ2v) is 7.21. The molecule has 1 saturated heterocycles. The van der Waals surface area contributed by atoms with Crippen molar-refractivity contribution < 1.29 is 9.66 Å². The minimum atomic E-state index is -0.422. The first-order valence-corrected chi connectivity index (χ1v) is 9.57. The summed E-state index contributed by atoms with van der Waals surface area (Å²) in [6.07, 6.45) is 0. The molecule has 0 spiro atoms. The summed E-state index contributed by atoms with van der Waals surface area (Å²) in [6, 6.07) is 10.6. The minimum Gasteiger partial charge on any atom is -0.379 e. The van der Waals surface area contributed by atoms with Gasteiger partial charge in [-0.1, -0.05) is 6.07 Å². The Kier molecular flexibility index (Phi) is 6.51. The molecule has 0 amide bonds. The van der Waals surface area contributed by atoms with Crippen molar-refractivity contribution in [1.82, 2.24) is 10.2 Å². The maximum absolute atomic E-state index is 10.7. The predicted octanol–water partition coefficient (Wildman–Crippen LogP) is 3.02. The highest BCUT2D eigenvalue weighted by molar-refractivity contribution is 7.80. The maximum atomic E-state index is 10.7. The van der Waals surface area contributed by atoms with E-state index in [1.807, 2.05) is 0 Å². The van der Waals surface area contributed by atoms with Crippen LogP contribution in [0, 0.1) is 10.1 Å². The Morgan fingerprint density at radius 2 is 2.04 bits per heavy atom. The Labute approximate surface area is 161 Å². The summed E-state index contributed by atoms with van der Waals surface area (Å²) in [5.41, 5.74) is 0.770. The second-order valence-electron chi connectivity index (χ2n) is 5.82. The van der Waals surface area contributed by atoms with Crippen molar-refractivity contribution in [1.29, 1.82) is 0 Å². The normalized spacial score (nSPS) is 16.0. The third-order valence-electron chi connectivity index (χ3n) is 4.15. The van der Waals surface area contributed by atoms with E-state index in [4.69, 9.17) is 17.0 Å². The fourth-order valence-corrected chi connectivity index (χ4v) is 3.87. The van der Waals surface area contributed by atoms with Crippen molar-refractivity contribution >= 4 is 40.0 Å². The number of nitrogens with zero attached hydrogens (tertiary/aromatic N) is 2. The van der Waals surface area contributed by atoms with E-state index in [1.165, 1.54) is 17.0 Å². The Morgan fingerprint density at radius 3 is 2.65 bits per heavy atom. The molecule has 0 aliphatic carbocycles. The predicted molar refractivity (Wildman–Crippen MR) is 107 cm³/mol. The molecule has 0 radical (unpaired) electrons. The number of nitro groups is 1. The summed E-state index contributed by atoms with van der Waals surface area (Å²) in [7, 11) is 0. The molecule has 1 fully saturated rings. The molecule has 1 atom stereocenters. The second kappa shape index (κ2) is 9.04. The standard InChI is InChI=1S/C17H20N4O3S2/c22-21(23)14-5-3-13(4-6-14)19-17(25)18-12-15(16-2-1-11-26-16)20-7-9-24-10-8-20/h1-6,11,15H,7-10,12H2,(H2,18,19,25)/t15-/m1/s1. The summed E-state index contributed by atoms with van der Waals surface area (Å²) in [4.78, 5) is 14.0. The Hall–Kier alpha value is -2.07. The van der Waals surface area contributed by atoms with Crippen molar-refractivity contribution in [3.8, 4) is 0 Å². The molecule has 0 saturated carbocycles. The van der Waals surface area contributed by atoms with Crippen LogP contribution in [0.25, 0.3) is 0 Å². The van der Waals surface area contributed by atoms with E-state index in [0.717, 1.165) is 26.3 Å². The summed E-state index contributed by atoms with van der Waals surface area (Å²) in [6.45, 7) is 3.96. The van der Waals surface area contributed by atoms with Gasteiger partial charge in [-0.3, -0.25) is 15.0 Å². The molecule has 2 aromatic rings. The first-order valence-electron chi connectivity index (χ1n) is 8.28. The molecule has 0 bridgehead atoms. The third-order valence-corrected chi connectivity index (χ3v) is 5.37. The van der Waals surface area contributed by atoms with Crippen LogP contribution in [0.1, 0.15) is 10.9 Å². The van der Waals surface area contributed by atoms with Crippen molar-refractivity contribution in [2.75, 3.05) is 38.2 Å². The molecule has 1 aromatic carbocycles. The van der Waals surface area contributed by atoms with E-state index in [1.54, 1.807) is 23.5 Å². The molecule has 1 aliphatic rings. The van der Waals surface area contributed by atoms with Gasteiger partial charge in [0.1, 0.15) is 0 Å². The van der Waals surface area contributed by atoms with Gasteiger partial charge in [0.2, 0.25) is 0 Å². The van der Waals surface area contributed by atoms with E-state index < -0.39 is 4.92 Å². The number of thiocarbonyl (C=S) groups is 1. The number of thiophene rings is 1. The molecule has 1 aliphatic heterocycles. The number of hydrogen-bond acceptors (Lipinski definition) is 6. The van der Waals surface area contributed by atoms with Gasteiger partial charge in [-0.15, -0.1) is 11.3 Å². The van der Waals surface area contributed by atoms with Gasteiger partial charge in [0.05, 0.1) is 24.2 Å². The van der Waals surface area contributed by atoms with Crippen molar-refractivity contribution in [3.63, 3.8) is 0 Å². The molecular formula is C17H20N4O3S2. The zero-order valence-electron chi connectivity index (χ0n) is 14.1. The summed E-state index contributed by atoms with van der Waals surface area (Å²) >= 11 is 7.11. The molecule has 0 unspecified atom stereocenters. The summed E-state index contributed by atoms with van der Waals surface area (Å²) in [5, 5.41) is 19.6. The Bertz CT molecular complexity index is 731. The number of nitro benzene ring substituents is 1. The lowest BCUT2D eigenvalue weighted by Gasteiger charge is -2.34. The molecular weight excluding hydrogens is 372 g/mol. The van der Waals surface area contributed by atoms with Gasteiger partial charge in [0.15, 0.2) is 5.11 Å².